The minimum absolute atomic E-state index is 0.103. The highest BCUT2D eigenvalue weighted by atomic mass is 35.5. The van der Waals surface area contributed by atoms with Gasteiger partial charge in [0.05, 0.1) is 18.2 Å². The molecule has 0 unspecified atom stereocenters. The summed E-state index contributed by atoms with van der Waals surface area (Å²) in [6.45, 7) is 2.56. The summed E-state index contributed by atoms with van der Waals surface area (Å²) in [5.74, 6) is 2.86. The number of nitrogens with zero attached hydrogens (tertiary/aromatic N) is 4. The lowest BCUT2D eigenvalue weighted by atomic mass is 10.1. The predicted molar refractivity (Wildman–Crippen MR) is 127 cm³/mol. The van der Waals surface area contributed by atoms with Crippen molar-refractivity contribution in [3.63, 3.8) is 0 Å². The molecule has 5 rings (SSSR count). The molecule has 1 amide bonds. The number of carbonyl (C=O) groups excluding carboxylic acids is 1. The third-order valence-corrected chi connectivity index (χ3v) is 6.11. The van der Waals surface area contributed by atoms with Gasteiger partial charge in [0.15, 0.2) is 5.75 Å². The SMILES string of the molecule is COc1ccc2c(c1)C(N1CCCN(C(=O)c3cccnc3Cl)CC1)=Nc1ccccc1O2. The van der Waals surface area contributed by atoms with Gasteiger partial charge >= 0.3 is 0 Å². The van der Waals surface area contributed by atoms with Crippen molar-refractivity contribution in [2.24, 2.45) is 4.99 Å². The second-order valence-corrected chi connectivity index (χ2v) is 8.20. The number of aliphatic imine (C=N–C) groups is 1. The molecule has 2 aromatic carbocycles. The van der Waals surface area contributed by atoms with Crippen molar-refractivity contribution in [1.82, 2.24) is 14.8 Å². The number of hydrogen-bond acceptors (Lipinski definition) is 6. The first-order valence-electron chi connectivity index (χ1n) is 10.8. The Morgan fingerprint density at radius 1 is 1.03 bits per heavy atom. The topological polar surface area (TPSA) is 67.3 Å². The van der Waals surface area contributed by atoms with Crippen LogP contribution in [0, 0.1) is 0 Å². The van der Waals surface area contributed by atoms with Gasteiger partial charge in [-0.05, 0) is 48.9 Å². The minimum Gasteiger partial charge on any atom is -0.497 e. The van der Waals surface area contributed by atoms with E-state index in [1.807, 2.05) is 47.4 Å². The van der Waals surface area contributed by atoms with E-state index in [2.05, 4.69) is 9.88 Å². The predicted octanol–water partition coefficient (Wildman–Crippen LogP) is 4.78. The second kappa shape index (κ2) is 9.11. The molecule has 168 valence electrons. The smallest absolute Gasteiger partial charge is 0.257 e. The van der Waals surface area contributed by atoms with Crippen LogP contribution in [0.5, 0.6) is 17.2 Å². The van der Waals surface area contributed by atoms with Crippen LogP contribution in [0.4, 0.5) is 5.69 Å². The molecule has 33 heavy (non-hydrogen) atoms. The van der Waals surface area contributed by atoms with Crippen LogP contribution >= 0.6 is 11.6 Å². The molecule has 0 radical (unpaired) electrons. The van der Waals surface area contributed by atoms with Crippen LogP contribution in [0.25, 0.3) is 0 Å². The van der Waals surface area contributed by atoms with Gasteiger partial charge in [0, 0.05) is 32.4 Å². The number of aromatic nitrogens is 1. The molecule has 1 saturated heterocycles. The Balaban J connectivity index is 1.46. The number of halogens is 1. The van der Waals surface area contributed by atoms with Gasteiger partial charge in [0.25, 0.3) is 5.91 Å². The van der Waals surface area contributed by atoms with Crippen LogP contribution in [0.15, 0.2) is 65.8 Å². The normalized spacial score (nSPS) is 15.4. The van der Waals surface area contributed by atoms with Crippen LogP contribution in [-0.4, -0.2) is 59.8 Å². The minimum atomic E-state index is -0.103. The number of ether oxygens (including phenoxy) is 2. The van der Waals surface area contributed by atoms with Gasteiger partial charge in [-0.2, -0.15) is 0 Å². The number of amides is 1. The van der Waals surface area contributed by atoms with Crippen molar-refractivity contribution >= 4 is 29.0 Å². The van der Waals surface area contributed by atoms with Crippen molar-refractivity contribution in [3.8, 4) is 17.2 Å². The third kappa shape index (κ3) is 4.24. The average Bonchev–Trinajstić information content (AvgIpc) is 3.18. The zero-order valence-electron chi connectivity index (χ0n) is 18.2. The number of amidine groups is 1. The average molecular weight is 463 g/mol. The maximum Gasteiger partial charge on any atom is 0.257 e. The van der Waals surface area contributed by atoms with E-state index in [4.69, 9.17) is 26.1 Å². The quantitative estimate of drug-likeness (QED) is 0.513. The van der Waals surface area contributed by atoms with E-state index in [1.54, 1.807) is 25.4 Å². The van der Waals surface area contributed by atoms with E-state index >= 15 is 0 Å². The summed E-state index contributed by atoms with van der Waals surface area (Å²) in [5.41, 5.74) is 2.06. The highest BCUT2D eigenvalue weighted by Crippen LogP contribution is 2.39. The summed E-state index contributed by atoms with van der Waals surface area (Å²) in [6, 6.07) is 16.9. The molecule has 3 heterocycles. The molecule has 0 saturated carbocycles. The van der Waals surface area contributed by atoms with Crippen molar-refractivity contribution < 1.29 is 14.3 Å². The maximum absolute atomic E-state index is 13.1. The Bertz CT molecular complexity index is 1230. The van der Waals surface area contributed by atoms with E-state index < -0.39 is 0 Å². The van der Waals surface area contributed by atoms with Crippen molar-refractivity contribution in [3.05, 3.63) is 77.1 Å². The molecule has 0 atom stereocenters. The molecule has 0 N–H and O–H groups in total. The number of methoxy groups -OCH3 is 1. The molecule has 2 aliphatic rings. The van der Waals surface area contributed by atoms with Gasteiger partial charge in [-0.3, -0.25) is 4.79 Å². The van der Waals surface area contributed by atoms with Crippen molar-refractivity contribution in [2.45, 2.75) is 6.42 Å². The van der Waals surface area contributed by atoms with E-state index in [0.717, 1.165) is 41.6 Å². The fourth-order valence-corrected chi connectivity index (χ4v) is 4.32. The van der Waals surface area contributed by atoms with Crippen molar-refractivity contribution in [2.75, 3.05) is 33.3 Å². The Kier molecular flexibility index (Phi) is 5.88. The fourth-order valence-electron chi connectivity index (χ4n) is 4.12. The number of fused-ring (bicyclic) bond motifs is 2. The van der Waals surface area contributed by atoms with E-state index in [-0.39, 0.29) is 11.1 Å². The number of hydrogen-bond donors (Lipinski definition) is 0. The summed E-state index contributed by atoms with van der Waals surface area (Å²) >= 11 is 6.17. The summed E-state index contributed by atoms with van der Waals surface area (Å²) in [6.07, 6.45) is 2.38. The van der Waals surface area contributed by atoms with Crippen LogP contribution < -0.4 is 9.47 Å². The highest BCUT2D eigenvalue weighted by Gasteiger charge is 2.27. The van der Waals surface area contributed by atoms with Crippen molar-refractivity contribution in [1.29, 1.82) is 0 Å². The zero-order valence-corrected chi connectivity index (χ0v) is 19.0. The Morgan fingerprint density at radius 3 is 2.76 bits per heavy atom. The van der Waals surface area contributed by atoms with Gasteiger partial charge in [-0.15, -0.1) is 0 Å². The van der Waals surface area contributed by atoms with Gasteiger partial charge < -0.3 is 19.3 Å². The number of pyridine rings is 1. The van der Waals surface area contributed by atoms with E-state index in [0.29, 0.717) is 30.9 Å². The summed E-state index contributed by atoms with van der Waals surface area (Å²) in [5, 5.41) is 0.228. The molecule has 3 aromatic rings. The number of benzene rings is 2. The molecular formula is C25H23ClN4O3. The lowest BCUT2D eigenvalue weighted by Crippen LogP contribution is -2.37. The number of carbonyl (C=O) groups is 1. The number of para-hydroxylation sites is 2. The lowest BCUT2D eigenvalue weighted by Gasteiger charge is -2.25. The Hall–Kier alpha value is -3.58. The summed E-state index contributed by atoms with van der Waals surface area (Å²) in [7, 11) is 1.64. The van der Waals surface area contributed by atoms with Crippen LogP contribution in [0.3, 0.4) is 0 Å². The molecular weight excluding hydrogens is 440 g/mol. The van der Waals surface area contributed by atoms with Crippen LogP contribution in [0.1, 0.15) is 22.3 Å². The fraction of sp³-hybridized carbons (Fsp3) is 0.240. The zero-order chi connectivity index (χ0) is 22.8. The van der Waals surface area contributed by atoms with Gasteiger partial charge in [-0.1, -0.05) is 23.7 Å². The van der Waals surface area contributed by atoms with Gasteiger partial charge in [-0.25, -0.2) is 9.98 Å². The van der Waals surface area contributed by atoms with Crippen LogP contribution in [0.2, 0.25) is 5.15 Å². The Labute approximate surface area is 197 Å². The molecule has 2 aliphatic heterocycles. The molecule has 7 nitrogen and oxygen atoms in total. The number of rotatable bonds is 2. The Morgan fingerprint density at radius 2 is 1.91 bits per heavy atom. The highest BCUT2D eigenvalue weighted by molar-refractivity contribution is 6.32. The molecule has 0 bridgehead atoms. The first-order valence-corrected chi connectivity index (χ1v) is 11.2. The largest absolute Gasteiger partial charge is 0.497 e. The first kappa shape index (κ1) is 21.3. The van der Waals surface area contributed by atoms with Gasteiger partial charge in [0.1, 0.15) is 28.2 Å². The van der Waals surface area contributed by atoms with Gasteiger partial charge in [0.2, 0.25) is 0 Å². The van der Waals surface area contributed by atoms with E-state index in [9.17, 15) is 4.79 Å². The monoisotopic (exact) mass is 462 g/mol. The third-order valence-electron chi connectivity index (χ3n) is 5.81. The molecule has 1 aromatic heterocycles. The second-order valence-electron chi connectivity index (χ2n) is 7.84. The first-order chi connectivity index (χ1) is 16.1. The maximum atomic E-state index is 13.1. The van der Waals surface area contributed by atoms with Crippen LogP contribution in [-0.2, 0) is 0 Å². The standard InChI is InChI=1S/C25H23ClN4O3/c1-32-17-9-10-21-19(16-17)24(28-20-7-2-3-8-22(20)33-21)29-12-5-13-30(15-14-29)25(31)18-6-4-11-27-23(18)26/h2-4,6-11,16H,5,12-15H2,1H3. The van der Waals surface area contributed by atoms with E-state index in [1.165, 1.54) is 0 Å². The molecule has 1 fully saturated rings. The lowest BCUT2D eigenvalue weighted by molar-refractivity contribution is 0.0764. The summed E-state index contributed by atoms with van der Waals surface area (Å²) < 4.78 is 11.7. The summed E-state index contributed by atoms with van der Waals surface area (Å²) in [4.78, 5) is 26.1. The molecule has 0 aliphatic carbocycles. The molecule has 0 spiro atoms. The molecule has 8 heteroatoms.